The predicted molar refractivity (Wildman–Crippen MR) is 94.5 cm³/mol. The second-order valence-electron chi connectivity index (χ2n) is 5.81. The van der Waals surface area contributed by atoms with Gasteiger partial charge < -0.3 is 14.7 Å². The highest BCUT2D eigenvalue weighted by Crippen LogP contribution is 2.23. The molecule has 1 amide bonds. The molecule has 2 N–H and O–H groups in total. The van der Waals surface area contributed by atoms with E-state index < -0.39 is 5.91 Å². The molecule has 2 aromatic carbocycles. The van der Waals surface area contributed by atoms with E-state index in [0.29, 0.717) is 16.7 Å². The second kappa shape index (κ2) is 5.90. The zero-order chi connectivity index (χ0) is 17.4. The smallest absolute Gasteiger partial charge is 0.287 e. The fourth-order valence-corrected chi connectivity index (χ4v) is 2.75. The third-order valence-corrected chi connectivity index (χ3v) is 4.05. The molecule has 0 fully saturated rings. The molecule has 2 heterocycles. The number of furan rings is 1. The van der Waals surface area contributed by atoms with Crippen LogP contribution in [0, 0.1) is 0 Å². The summed E-state index contributed by atoms with van der Waals surface area (Å²) in [5, 5.41) is 4.22. The number of aromatic nitrogens is 2. The number of benzene rings is 2. The van der Waals surface area contributed by atoms with Gasteiger partial charge in [0.1, 0.15) is 11.3 Å². The van der Waals surface area contributed by atoms with Crippen LogP contribution in [0.4, 0.5) is 0 Å². The minimum Gasteiger partial charge on any atom is -0.459 e. The lowest BCUT2D eigenvalue weighted by atomic mass is 10.2. The highest BCUT2D eigenvalue weighted by atomic mass is 16.3. The number of para-hydroxylation sites is 2. The van der Waals surface area contributed by atoms with Crippen molar-refractivity contribution in [3.63, 3.8) is 0 Å². The molecule has 25 heavy (non-hydrogen) atoms. The lowest BCUT2D eigenvalue weighted by Gasteiger charge is -2.11. The number of carbonyl (C=O) groups excluding carboxylic acids is 1. The molecule has 0 unspecified atom stereocenters. The third-order valence-electron chi connectivity index (χ3n) is 4.05. The van der Waals surface area contributed by atoms with E-state index in [9.17, 15) is 9.59 Å². The first-order chi connectivity index (χ1) is 12.1. The molecule has 0 bridgehead atoms. The van der Waals surface area contributed by atoms with Gasteiger partial charge in [0.15, 0.2) is 5.82 Å². The van der Waals surface area contributed by atoms with E-state index >= 15 is 0 Å². The fourth-order valence-electron chi connectivity index (χ4n) is 2.75. The maximum Gasteiger partial charge on any atom is 0.287 e. The number of hydrogen-bond donors (Lipinski definition) is 2. The summed E-state index contributed by atoms with van der Waals surface area (Å²) in [5.74, 6) is 0.153. The van der Waals surface area contributed by atoms with Gasteiger partial charge in [-0.15, -0.1) is 0 Å². The largest absolute Gasteiger partial charge is 0.459 e. The topological polar surface area (TPSA) is 88.0 Å². The molecular weight excluding hydrogens is 318 g/mol. The zero-order valence-electron chi connectivity index (χ0n) is 13.4. The van der Waals surface area contributed by atoms with E-state index in [1.165, 1.54) is 0 Å². The van der Waals surface area contributed by atoms with Gasteiger partial charge in [0.05, 0.1) is 16.9 Å². The Kier molecular flexibility index (Phi) is 3.57. The number of amides is 1. The third kappa shape index (κ3) is 2.78. The normalized spacial score (nSPS) is 12.4. The van der Waals surface area contributed by atoms with Gasteiger partial charge in [-0.1, -0.05) is 30.3 Å². The molecule has 1 atom stereocenters. The van der Waals surface area contributed by atoms with Crippen LogP contribution in [-0.2, 0) is 0 Å². The average Bonchev–Trinajstić information content (AvgIpc) is 3.06. The van der Waals surface area contributed by atoms with E-state index in [1.807, 2.05) is 37.3 Å². The van der Waals surface area contributed by atoms with Crippen LogP contribution in [0.3, 0.4) is 0 Å². The first-order valence-corrected chi connectivity index (χ1v) is 7.90. The maximum absolute atomic E-state index is 12.5. The van der Waals surface area contributed by atoms with Crippen LogP contribution in [0.15, 0.2) is 63.8 Å². The fraction of sp³-hybridized carbons (Fsp3) is 0.105. The lowest BCUT2D eigenvalue weighted by Crippen LogP contribution is -2.30. The van der Waals surface area contributed by atoms with Crippen LogP contribution in [0.1, 0.15) is 29.3 Å². The van der Waals surface area contributed by atoms with Crippen molar-refractivity contribution in [3.8, 4) is 0 Å². The molecule has 2 aromatic heterocycles. The van der Waals surface area contributed by atoms with Gasteiger partial charge in [-0.2, -0.15) is 0 Å². The highest BCUT2D eigenvalue weighted by molar-refractivity contribution is 5.92. The Labute approximate surface area is 142 Å². The summed E-state index contributed by atoms with van der Waals surface area (Å²) in [6.45, 7) is 1.81. The molecule has 6 nitrogen and oxygen atoms in total. The van der Waals surface area contributed by atoms with Gasteiger partial charge >= 0.3 is 0 Å². The number of nitrogens with one attached hydrogen (secondary N) is 2. The van der Waals surface area contributed by atoms with E-state index in [4.69, 9.17) is 4.42 Å². The van der Waals surface area contributed by atoms with E-state index in [0.717, 1.165) is 11.0 Å². The Balaban J connectivity index is 1.62. The standard InChI is InChI=1S/C19H15N3O3/c1-11(16-10-12-6-2-5-9-15(12)25-16)20-19(24)17-21-14-8-4-3-7-13(14)18(23)22-17/h2-11H,1H3,(H,20,24)(H,21,22,23)/t11-/m1/s1. The first-order valence-electron chi connectivity index (χ1n) is 7.90. The van der Waals surface area contributed by atoms with Crippen molar-refractivity contribution in [2.24, 2.45) is 0 Å². The van der Waals surface area contributed by atoms with Gasteiger partial charge in [0.2, 0.25) is 0 Å². The molecule has 0 saturated heterocycles. The Hall–Kier alpha value is -3.41. The van der Waals surface area contributed by atoms with Crippen molar-refractivity contribution < 1.29 is 9.21 Å². The van der Waals surface area contributed by atoms with Crippen LogP contribution < -0.4 is 10.9 Å². The molecule has 0 radical (unpaired) electrons. The lowest BCUT2D eigenvalue weighted by molar-refractivity contribution is 0.0925. The van der Waals surface area contributed by atoms with Crippen LogP contribution in [0.2, 0.25) is 0 Å². The summed E-state index contributed by atoms with van der Waals surface area (Å²) in [7, 11) is 0. The number of fused-ring (bicyclic) bond motifs is 2. The molecule has 0 aliphatic heterocycles. The van der Waals surface area contributed by atoms with Gasteiger partial charge in [0.25, 0.3) is 11.5 Å². The van der Waals surface area contributed by atoms with Crippen molar-refractivity contribution in [3.05, 3.63) is 76.5 Å². The molecule has 0 saturated carbocycles. The van der Waals surface area contributed by atoms with E-state index in [-0.39, 0.29) is 17.4 Å². The second-order valence-corrected chi connectivity index (χ2v) is 5.81. The molecule has 0 spiro atoms. The summed E-state index contributed by atoms with van der Waals surface area (Å²) < 4.78 is 5.75. The Morgan fingerprint density at radius 2 is 1.92 bits per heavy atom. The van der Waals surface area contributed by atoms with Crippen LogP contribution >= 0.6 is 0 Å². The van der Waals surface area contributed by atoms with Crippen LogP contribution in [0.25, 0.3) is 21.9 Å². The first kappa shape index (κ1) is 15.1. The quantitative estimate of drug-likeness (QED) is 0.603. The molecular formula is C19H15N3O3. The Bertz CT molecular complexity index is 1110. The SMILES string of the molecule is C[C@@H](NC(=O)c1nc2ccccc2c(=O)[nH]1)c1cc2ccccc2o1. The summed E-state index contributed by atoms with van der Waals surface area (Å²) in [5.41, 5.74) is 0.899. The number of carbonyl (C=O) groups is 1. The summed E-state index contributed by atoms with van der Waals surface area (Å²) in [6.07, 6.45) is 0. The molecule has 0 aliphatic rings. The van der Waals surface area contributed by atoms with Crippen molar-refractivity contribution in [2.75, 3.05) is 0 Å². The summed E-state index contributed by atoms with van der Waals surface area (Å²) in [4.78, 5) is 31.3. The Morgan fingerprint density at radius 3 is 2.76 bits per heavy atom. The van der Waals surface area contributed by atoms with E-state index in [2.05, 4.69) is 15.3 Å². The average molecular weight is 333 g/mol. The van der Waals surface area contributed by atoms with Gasteiger partial charge in [-0.3, -0.25) is 9.59 Å². The number of rotatable bonds is 3. The van der Waals surface area contributed by atoms with Crippen molar-refractivity contribution in [2.45, 2.75) is 13.0 Å². The molecule has 6 heteroatoms. The molecule has 4 aromatic rings. The number of H-pyrrole nitrogens is 1. The monoisotopic (exact) mass is 333 g/mol. The highest BCUT2D eigenvalue weighted by Gasteiger charge is 2.17. The Morgan fingerprint density at radius 1 is 1.16 bits per heavy atom. The van der Waals surface area contributed by atoms with Crippen molar-refractivity contribution in [1.29, 1.82) is 0 Å². The maximum atomic E-state index is 12.5. The zero-order valence-corrected chi connectivity index (χ0v) is 13.4. The minimum atomic E-state index is -0.462. The molecule has 0 aliphatic carbocycles. The minimum absolute atomic E-state index is 0.0216. The van der Waals surface area contributed by atoms with Crippen molar-refractivity contribution in [1.82, 2.24) is 15.3 Å². The number of nitrogens with zero attached hydrogens (tertiary/aromatic N) is 1. The van der Waals surface area contributed by atoms with E-state index in [1.54, 1.807) is 24.3 Å². The van der Waals surface area contributed by atoms with Crippen molar-refractivity contribution >= 4 is 27.8 Å². The summed E-state index contributed by atoms with van der Waals surface area (Å²) in [6, 6.07) is 16.0. The summed E-state index contributed by atoms with van der Waals surface area (Å²) >= 11 is 0. The van der Waals surface area contributed by atoms with Crippen LogP contribution in [-0.4, -0.2) is 15.9 Å². The molecule has 4 rings (SSSR count). The van der Waals surface area contributed by atoms with Gasteiger partial charge in [-0.05, 0) is 31.2 Å². The van der Waals surface area contributed by atoms with Crippen LogP contribution in [0.5, 0.6) is 0 Å². The van der Waals surface area contributed by atoms with Gasteiger partial charge in [0, 0.05) is 5.39 Å². The predicted octanol–water partition coefficient (Wildman–Crippen LogP) is 3.16. The van der Waals surface area contributed by atoms with Gasteiger partial charge in [-0.25, -0.2) is 4.98 Å². The number of aromatic amines is 1. The number of hydrogen-bond acceptors (Lipinski definition) is 4. The molecule has 124 valence electrons.